The summed E-state index contributed by atoms with van der Waals surface area (Å²) in [7, 11) is 0. The Bertz CT molecular complexity index is 87.1. The Hall–Kier alpha value is -0.120. The van der Waals surface area contributed by atoms with Gasteiger partial charge in [0.25, 0.3) is 0 Å². The molecule has 0 unspecified atom stereocenters. The quantitative estimate of drug-likeness (QED) is 0.432. The first-order valence-corrected chi connectivity index (χ1v) is 3.29. The summed E-state index contributed by atoms with van der Waals surface area (Å²) in [6.45, 7) is 2.04. The van der Waals surface area contributed by atoms with E-state index in [-0.39, 0.29) is 24.8 Å². The molecule has 0 amide bonds. The molecule has 3 nitrogen and oxygen atoms in total. The predicted molar refractivity (Wildman–Crippen MR) is 34.1 cm³/mol. The van der Waals surface area contributed by atoms with E-state index in [0.717, 1.165) is 0 Å². The third-order valence-corrected chi connectivity index (χ3v) is 1.82. The molecular formula is C6H13NO2. The normalized spacial score (nSPS) is 43.7. The van der Waals surface area contributed by atoms with Crippen molar-refractivity contribution in [2.24, 2.45) is 0 Å². The van der Waals surface area contributed by atoms with Gasteiger partial charge in [-0.2, -0.15) is 0 Å². The Morgan fingerprint density at radius 3 is 2.56 bits per heavy atom. The molecule has 0 saturated carbocycles. The van der Waals surface area contributed by atoms with Crippen molar-refractivity contribution in [1.82, 2.24) is 5.32 Å². The van der Waals surface area contributed by atoms with Gasteiger partial charge in [-0.05, 0) is 13.3 Å². The zero-order chi connectivity index (χ0) is 6.85. The van der Waals surface area contributed by atoms with Crippen LogP contribution in [0.4, 0.5) is 0 Å². The highest BCUT2D eigenvalue weighted by Gasteiger charge is 2.27. The standard InChI is InChI=1S/C6H13NO2/c1-4-6(9)2-5(3-8)7-4/h4-9H,2-3H2,1H3/t4-,5-,6+/m0/s1. The first-order chi connectivity index (χ1) is 4.24. The molecule has 3 atom stereocenters. The van der Waals surface area contributed by atoms with Crippen molar-refractivity contribution in [2.75, 3.05) is 6.61 Å². The molecule has 0 radical (unpaired) electrons. The Balaban J connectivity index is 2.35. The molecule has 1 aliphatic rings. The second kappa shape index (κ2) is 2.64. The fourth-order valence-corrected chi connectivity index (χ4v) is 1.17. The summed E-state index contributed by atoms with van der Waals surface area (Å²) < 4.78 is 0. The van der Waals surface area contributed by atoms with Gasteiger partial charge >= 0.3 is 0 Å². The zero-order valence-corrected chi connectivity index (χ0v) is 5.54. The summed E-state index contributed by atoms with van der Waals surface area (Å²) >= 11 is 0. The summed E-state index contributed by atoms with van der Waals surface area (Å²) in [6, 6.07) is 0.247. The minimum Gasteiger partial charge on any atom is -0.395 e. The lowest BCUT2D eigenvalue weighted by Gasteiger charge is -2.06. The third kappa shape index (κ3) is 1.41. The monoisotopic (exact) mass is 131 g/mol. The van der Waals surface area contributed by atoms with Crippen molar-refractivity contribution in [2.45, 2.75) is 31.5 Å². The van der Waals surface area contributed by atoms with Crippen LogP contribution in [0.1, 0.15) is 13.3 Å². The van der Waals surface area contributed by atoms with E-state index in [1.807, 2.05) is 6.92 Å². The molecule has 0 aromatic rings. The molecular weight excluding hydrogens is 118 g/mol. The van der Waals surface area contributed by atoms with Gasteiger partial charge in [-0.25, -0.2) is 0 Å². The maximum Gasteiger partial charge on any atom is 0.0706 e. The fourth-order valence-electron chi connectivity index (χ4n) is 1.17. The van der Waals surface area contributed by atoms with E-state index in [1.54, 1.807) is 0 Å². The second-order valence-corrected chi connectivity index (χ2v) is 2.64. The second-order valence-electron chi connectivity index (χ2n) is 2.64. The molecule has 3 N–H and O–H groups in total. The number of nitrogens with one attached hydrogen (secondary N) is 1. The van der Waals surface area contributed by atoms with E-state index < -0.39 is 0 Å². The highest BCUT2D eigenvalue weighted by atomic mass is 16.3. The van der Waals surface area contributed by atoms with Gasteiger partial charge in [-0.15, -0.1) is 0 Å². The van der Waals surface area contributed by atoms with Crippen molar-refractivity contribution >= 4 is 0 Å². The summed E-state index contributed by atoms with van der Waals surface area (Å²) in [5.41, 5.74) is 0. The Morgan fingerprint density at radius 1 is 1.67 bits per heavy atom. The lowest BCUT2D eigenvalue weighted by atomic mass is 10.2. The van der Waals surface area contributed by atoms with Crippen molar-refractivity contribution in [3.8, 4) is 0 Å². The van der Waals surface area contributed by atoms with Crippen LogP contribution in [0.5, 0.6) is 0 Å². The minimum atomic E-state index is -0.276. The SMILES string of the molecule is C[C@@H]1N[C@H](CO)C[C@H]1O. The highest BCUT2D eigenvalue weighted by Crippen LogP contribution is 2.11. The van der Waals surface area contributed by atoms with Gasteiger partial charge in [0.2, 0.25) is 0 Å². The lowest BCUT2D eigenvalue weighted by Crippen LogP contribution is -2.31. The first-order valence-electron chi connectivity index (χ1n) is 3.29. The van der Waals surface area contributed by atoms with Crippen LogP contribution in [0.2, 0.25) is 0 Å². The number of hydrogen-bond acceptors (Lipinski definition) is 3. The number of aliphatic hydroxyl groups excluding tert-OH is 2. The molecule has 0 aliphatic carbocycles. The average molecular weight is 131 g/mol. The van der Waals surface area contributed by atoms with Gasteiger partial charge in [-0.1, -0.05) is 0 Å². The minimum absolute atomic E-state index is 0.106. The number of aliphatic hydroxyl groups is 2. The average Bonchev–Trinajstić information content (AvgIpc) is 2.13. The van der Waals surface area contributed by atoms with Crippen molar-refractivity contribution in [3.05, 3.63) is 0 Å². The molecule has 1 aliphatic heterocycles. The predicted octanol–water partition coefficient (Wildman–Crippen LogP) is -0.910. The smallest absolute Gasteiger partial charge is 0.0706 e. The lowest BCUT2D eigenvalue weighted by molar-refractivity contribution is 0.161. The topological polar surface area (TPSA) is 52.5 Å². The third-order valence-electron chi connectivity index (χ3n) is 1.82. The molecule has 54 valence electrons. The van der Waals surface area contributed by atoms with Crippen LogP contribution in [-0.2, 0) is 0 Å². The molecule has 3 heteroatoms. The maximum absolute atomic E-state index is 9.13. The van der Waals surface area contributed by atoms with Crippen LogP contribution in [-0.4, -0.2) is 35.0 Å². The van der Waals surface area contributed by atoms with Gasteiger partial charge in [0.05, 0.1) is 12.7 Å². The van der Waals surface area contributed by atoms with Crippen molar-refractivity contribution in [1.29, 1.82) is 0 Å². The van der Waals surface area contributed by atoms with E-state index in [4.69, 9.17) is 10.2 Å². The molecule has 1 saturated heterocycles. The maximum atomic E-state index is 9.13. The Kier molecular flexibility index (Phi) is 2.05. The summed E-state index contributed by atoms with van der Waals surface area (Å²) in [6.07, 6.45) is 0.402. The van der Waals surface area contributed by atoms with Crippen LogP contribution in [0, 0.1) is 0 Å². The fraction of sp³-hybridized carbons (Fsp3) is 1.00. The summed E-state index contributed by atoms with van der Waals surface area (Å²) in [4.78, 5) is 0. The van der Waals surface area contributed by atoms with Crippen molar-refractivity contribution < 1.29 is 10.2 Å². The van der Waals surface area contributed by atoms with Crippen molar-refractivity contribution in [3.63, 3.8) is 0 Å². The van der Waals surface area contributed by atoms with Gasteiger partial charge in [0, 0.05) is 12.1 Å². The largest absolute Gasteiger partial charge is 0.395 e. The van der Waals surface area contributed by atoms with E-state index >= 15 is 0 Å². The molecule has 1 heterocycles. The number of rotatable bonds is 1. The van der Waals surface area contributed by atoms with Gasteiger partial charge in [0.1, 0.15) is 0 Å². The summed E-state index contributed by atoms with van der Waals surface area (Å²) in [5.74, 6) is 0. The molecule has 0 spiro atoms. The van der Waals surface area contributed by atoms with Gasteiger partial charge in [0.15, 0.2) is 0 Å². The molecule has 1 rings (SSSR count). The van der Waals surface area contributed by atoms with Crippen LogP contribution < -0.4 is 5.32 Å². The molecule has 0 aromatic heterocycles. The Morgan fingerprint density at radius 2 is 2.33 bits per heavy atom. The first kappa shape index (κ1) is 6.99. The van der Waals surface area contributed by atoms with E-state index in [2.05, 4.69) is 5.32 Å². The highest BCUT2D eigenvalue weighted by molar-refractivity contribution is 4.87. The van der Waals surface area contributed by atoms with Crippen LogP contribution in [0.3, 0.4) is 0 Å². The summed E-state index contributed by atoms with van der Waals surface area (Å²) in [5, 5.41) is 20.8. The molecule has 0 aromatic carbocycles. The van der Waals surface area contributed by atoms with E-state index in [1.165, 1.54) is 0 Å². The number of hydrogen-bond donors (Lipinski definition) is 3. The molecule has 1 fully saturated rings. The van der Waals surface area contributed by atoms with Crippen LogP contribution in [0.25, 0.3) is 0 Å². The van der Waals surface area contributed by atoms with E-state index in [0.29, 0.717) is 6.42 Å². The molecule has 9 heavy (non-hydrogen) atoms. The van der Waals surface area contributed by atoms with Crippen LogP contribution in [0.15, 0.2) is 0 Å². The molecule has 0 bridgehead atoms. The zero-order valence-electron chi connectivity index (χ0n) is 5.54. The van der Waals surface area contributed by atoms with Crippen LogP contribution >= 0.6 is 0 Å². The van der Waals surface area contributed by atoms with Gasteiger partial charge in [-0.3, -0.25) is 0 Å². The van der Waals surface area contributed by atoms with Gasteiger partial charge < -0.3 is 15.5 Å². The Labute approximate surface area is 54.7 Å². The van der Waals surface area contributed by atoms with E-state index in [9.17, 15) is 0 Å².